The van der Waals surface area contributed by atoms with Crippen LogP contribution in [0.5, 0.6) is 0 Å². The minimum atomic E-state index is -1.25. The number of methoxy groups -OCH3 is 5. The van der Waals surface area contributed by atoms with Gasteiger partial charge in [-0.15, -0.1) is 0 Å². The van der Waals surface area contributed by atoms with Gasteiger partial charge in [0, 0.05) is 0 Å². The van der Waals surface area contributed by atoms with Gasteiger partial charge in [0.25, 0.3) is 0 Å². The molecular formula is C15H22CrO6. The fourth-order valence-electron chi connectivity index (χ4n) is 3.06. The Morgan fingerprint density at radius 3 is 2.05 bits per heavy atom. The van der Waals surface area contributed by atoms with E-state index in [0.717, 1.165) is 18.4 Å². The van der Waals surface area contributed by atoms with Crippen LogP contribution in [0.3, 0.4) is 0 Å². The van der Waals surface area contributed by atoms with Crippen molar-refractivity contribution in [1.82, 2.24) is 0 Å². The van der Waals surface area contributed by atoms with E-state index in [-0.39, 0.29) is 0 Å². The summed E-state index contributed by atoms with van der Waals surface area (Å²) < 4.78 is 34.3. The van der Waals surface area contributed by atoms with Gasteiger partial charge in [0.1, 0.15) is 0 Å². The second kappa shape index (κ2) is 6.93. The monoisotopic (exact) mass is 350 g/mol. The van der Waals surface area contributed by atoms with Crippen LogP contribution in [0, 0.1) is 0 Å². The van der Waals surface area contributed by atoms with Crippen LogP contribution in [0.2, 0.25) is 0 Å². The number of rotatable bonds is 7. The molecule has 0 amide bonds. The van der Waals surface area contributed by atoms with Crippen molar-refractivity contribution in [2.75, 3.05) is 42.2 Å². The van der Waals surface area contributed by atoms with Gasteiger partial charge in [-0.1, -0.05) is 0 Å². The number of hydrogen-bond acceptors (Lipinski definition) is 6. The molecule has 0 N–H and O–H groups in total. The molecule has 22 heavy (non-hydrogen) atoms. The molecule has 0 aromatic rings. The zero-order valence-electron chi connectivity index (χ0n) is 13.6. The fourth-order valence-corrected chi connectivity index (χ4v) is 3.43. The molecule has 1 aliphatic heterocycles. The molecular weight excluding hydrogens is 328 g/mol. The zero-order chi connectivity index (χ0) is 16.4. The first-order chi connectivity index (χ1) is 10.6. The fraction of sp³-hybridized carbons (Fsp3) is 0.667. The SMILES string of the molecule is CO[C](=[Cr])C1=C(C2=CCCCO2)C(OC)(OC)C1(OC)OC. The summed E-state index contributed by atoms with van der Waals surface area (Å²) in [4.78, 5) is 0. The molecule has 2 rings (SSSR count). The molecule has 1 aliphatic carbocycles. The maximum absolute atomic E-state index is 5.80. The summed E-state index contributed by atoms with van der Waals surface area (Å²) in [5.74, 6) is -1.77. The van der Waals surface area contributed by atoms with Crippen molar-refractivity contribution in [3.63, 3.8) is 0 Å². The molecule has 0 aromatic heterocycles. The summed E-state index contributed by atoms with van der Waals surface area (Å²) in [6.45, 7) is 0.648. The summed E-state index contributed by atoms with van der Waals surface area (Å²) in [6, 6.07) is 0. The molecule has 0 unspecified atom stereocenters. The Morgan fingerprint density at radius 2 is 1.64 bits per heavy atom. The average Bonchev–Trinajstić information content (AvgIpc) is 2.57. The Hall–Kier alpha value is -0.518. The van der Waals surface area contributed by atoms with Gasteiger partial charge >= 0.3 is 138 Å². The van der Waals surface area contributed by atoms with Crippen LogP contribution in [0.25, 0.3) is 0 Å². The van der Waals surface area contributed by atoms with Gasteiger partial charge in [-0.25, -0.2) is 0 Å². The molecule has 0 saturated carbocycles. The zero-order valence-corrected chi connectivity index (χ0v) is 14.8. The summed E-state index contributed by atoms with van der Waals surface area (Å²) in [7, 11) is 7.73. The molecule has 7 heteroatoms. The van der Waals surface area contributed by atoms with E-state index in [9.17, 15) is 0 Å². The number of allylic oxidation sites excluding steroid dienone is 1. The van der Waals surface area contributed by atoms with Crippen LogP contribution in [-0.4, -0.2) is 58.3 Å². The molecule has 0 aromatic carbocycles. The van der Waals surface area contributed by atoms with Crippen LogP contribution in [0.1, 0.15) is 12.8 Å². The van der Waals surface area contributed by atoms with Crippen LogP contribution in [-0.2, 0) is 44.3 Å². The summed E-state index contributed by atoms with van der Waals surface area (Å²) in [5, 5.41) is 0. The predicted octanol–water partition coefficient (Wildman–Crippen LogP) is 1.29. The van der Waals surface area contributed by atoms with Crippen molar-refractivity contribution in [2.45, 2.75) is 24.4 Å². The third kappa shape index (κ3) is 2.24. The first-order valence-electron chi connectivity index (χ1n) is 6.96. The standard InChI is InChI=1S/C15H22O6.Cr/c1-16-10-11-13(12-8-6-7-9-21-12)15(19-4,20-5)14(11,17-2)18-3;/h8H,6-7,9H2,1-5H3;. The third-order valence-electron chi connectivity index (χ3n) is 4.06. The van der Waals surface area contributed by atoms with E-state index >= 15 is 0 Å². The Labute approximate surface area is 138 Å². The van der Waals surface area contributed by atoms with E-state index < -0.39 is 11.6 Å². The van der Waals surface area contributed by atoms with E-state index in [4.69, 9.17) is 28.4 Å². The maximum atomic E-state index is 5.80. The predicted molar refractivity (Wildman–Crippen MR) is 75.8 cm³/mol. The van der Waals surface area contributed by atoms with E-state index in [1.165, 1.54) is 14.2 Å². The van der Waals surface area contributed by atoms with Crippen molar-refractivity contribution in [1.29, 1.82) is 0 Å². The van der Waals surface area contributed by atoms with Gasteiger partial charge in [0.05, 0.1) is 0 Å². The van der Waals surface area contributed by atoms with Gasteiger partial charge < -0.3 is 0 Å². The Bertz CT molecular complexity index is 502. The molecule has 0 spiro atoms. The number of ether oxygens (including phenoxy) is 6. The first-order valence-corrected chi connectivity index (χ1v) is 7.59. The van der Waals surface area contributed by atoms with E-state index in [1.807, 2.05) is 6.08 Å². The topological polar surface area (TPSA) is 55.4 Å². The van der Waals surface area contributed by atoms with Gasteiger partial charge in [-0.2, -0.15) is 0 Å². The summed E-state index contributed by atoms with van der Waals surface area (Å²) in [6.07, 6.45) is 3.93. The van der Waals surface area contributed by atoms with Crippen molar-refractivity contribution >= 4 is 4.57 Å². The molecule has 0 atom stereocenters. The molecule has 0 fully saturated rings. The van der Waals surface area contributed by atoms with Crippen molar-refractivity contribution < 1.29 is 44.3 Å². The molecule has 124 valence electrons. The Kier molecular flexibility index (Phi) is 5.62. The molecule has 1 heterocycles. The van der Waals surface area contributed by atoms with E-state index in [1.54, 1.807) is 21.3 Å². The summed E-state index contributed by atoms with van der Waals surface area (Å²) >= 11 is 2.89. The Balaban J connectivity index is 2.68. The molecule has 2 aliphatic rings. The van der Waals surface area contributed by atoms with Crippen LogP contribution < -0.4 is 0 Å². The molecule has 6 nitrogen and oxygen atoms in total. The quantitative estimate of drug-likeness (QED) is 0.645. The van der Waals surface area contributed by atoms with Gasteiger partial charge in [-0.05, 0) is 0 Å². The summed E-state index contributed by atoms with van der Waals surface area (Å²) in [5.41, 5.74) is 1.40. The first kappa shape index (κ1) is 17.8. The normalized spacial score (nSPS) is 22.7. The molecule has 0 bridgehead atoms. The second-order valence-corrected chi connectivity index (χ2v) is 5.43. The van der Waals surface area contributed by atoms with E-state index in [2.05, 4.69) is 15.9 Å². The van der Waals surface area contributed by atoms with Crippen molar-refractivity contribution in [3.8, 4) is 0 Å². The molecule has 0 radical (unpaired) electrons. The second-order valence-electron chi connectivity index (χ2n) is 4.85. The van der Waals surface area contributed by atoms with Crippen LogP contribution in [0.15, 0.2) is 23.0 Å². The van der Waals surface area contributed by atoms with E-state index in [0.29, 0.717) is 22.5 Å². The van der Waals surface area contributed by atoms with Crippen LogP contribution in [0.4, 0.5) is 0 Å². The average molecular weight is 350 g/mol. The van der Waals surface area contributed by atoms with Crippen LogP contribution >= 0.6 is 0 Å². The third-order valence-corrected chi connectivity index (χ3v) is 4.64. The molecule has 0 saturated heterocycles. The van der Waals surface area contributed by atoms with Gasteiger partial charge in [-0.3, -0.25) is 0 Å². The van der Waals surface area contributed by atoms with Gasteiger partial charge in [0.2, 0.25) is 0 Å². The minimum absolute atomic E-state index is 0.540. The Morgan fingerprint density at radius 1 is 1.05 bits per heavy atom. The van der Waals surface area contributed by atoms with Crippen molar-refractivity contribution in [3.05, 3.63) is 23.0 Å². The van der Waals surface area contributed by atoms with Crippen molar-refractivity contribution in [2.24, 2.45) is 0 Å². The number of hydrogen-bond donors (Lipinski definition) is 0. The van der Waals surface area contributed by atoms with Gasteiger partial charge in [0.15, 0.2) is 0 Å².